The molecule has 0 aliphatic rings. The molecule has 0 aromatic rings. The Balaban J connectivity index is 3.94. The van der Waals surface area contributed by atoms with Crippen LogP contribution in [-0.2, 0) is 14.3 Å². The lowest BCUT2D eigenvalue weighted by Crippen LogP contribution is -2.53. The lowest BCUT2D eigenvalue weighted by Gasteiger charge is -2.24. The van der Waals surface area contributed by atoms with Crippen LogP contribution in [0.5, 0.6) is 0 Å². The first-order valence-electron chi connectivity index (χ1n) is 5.73. The highest BCUT2D eigenvalue weighted by Crippen LogP contribution is 2.10. The molecule has 0 aliphatic carbocycles. The van der Waals surface area contributed by atoms with Crippen LogP contribution in [0.15, 0.2) is 0 Å². The predicted molar refractivity (Wildman–Crippen MR) is 61.8 cm³/mol. The van der Waals surface area contributed by atoms with Gasteiger partial charge < -0.3 is 15.8 Å². The van der Waals surface area contributed by atoms with E-state index in [0.29, 0.717) is 19.4 Å². The van der Waals surface area contributed by atoms with Crippen LogP contribution in [0.25, 0.3) is 0 Å². The third kappa shape index (κ3) is 4.61. The summed E-state index contributed by atoms with van der Waals surface area (Å²) < 4.78 is 4.74. The van der Waals surface area contributed by atoms with Gasteiger partial charge in [-0.3, -0.25) is 9.59 Å². The molecule has 0 saturated carbocycles. The van der Waals surface area contributed by atoms with E-state index in [2.05, 4.69) is 5.32 Å². The maximum Gasteiger partial charge on any atom is 0.307 e. The Bertz CT molecular complexity index is 237. The van der Waals surface area contributed by atoms with Gasteiger partial charge in [-0.2, -0.15) is 0 Å². The molecule has 0 saturated heterocycles. The highest BCUT2D eigenvalue weighted by atomic mass is 16.5. The zero-order chi connectivity index (χ0) is 12.6. The molecule has 1 amide bonds. The van der Waals surface area contributed by atoms with Crippen LogP contribution < -0.4 is 11.1 Å². The highest BCUT2D eigenvalue weighted by molar-refractivity contribution is 5.86. The summed E-state index contributed by atoms with van der Waals surface area (Å²) in [7, 11) is 0. The minimum absolute atomic E-state index is 0.184. The fraction of sp³-hybridized carbons (Fsp3) is 0.818. The van der Waals surface area contributed by atoms with Crippen LogP contribution in [-0.4, -0.2) is 30.6 Å². The van der Waals surface area contributed by atoms with Crippen molar-refractivity contribution >= 4 is 11.9 Å². The topological polar surface area (TPSA) is 81.4 Å². The molecule has 0 bridgehead atoms. The average molecular weight is 230 g/mol. The maximum absolute atomic E-state index is 11.7. The molecule has 0 unspecified atom stereocenters. The van der Waals surface area contributed by atoms with Crippen molar-refractivity contribution in [3.8, 4) is 0 Å². The largest absolute Gasteiger partial charge is 0.466 e. The van der Waals surface area contributed by atoms with Crippen LogP contribution >= 0.6 is 0 Å². The summed E-state index contributed by atoms with van der Waals surface area (Å²) >= 11 is 0. The highest BCUT2D eigenvalue weighted by Gasteiger charge is 2.29. The van der Waals surface area contributed by atoms with Gasteiger partial charge in [0.2, 0.25) is 5.91 Å². The van der Waals surface area contributed by atoms with Gasteiger partial charge in [0.1, 0.15) is 0 Å². The molecule has 3 N–H and O–H groups in total. The molecule has 0 radical (unpaired) electrons. The van der Waals surface area contributed by atoms with E-state index in [-0.39, 0.29) is 24.8 Å². The Morgan fingerprint density at radius 3 is 2.25 bits per heavy atom. The van der Waals surface area contributed by atoms with Gasteiger partial charge in [-0.15, -0.1) is 0 Å². The van der Waals surface area contributed by atoms with Gasteiger partial charge in [0.05, 0.1) is 18.6 Å². The Labute approximate surface area is 96.7 Å². The monoisotopic (exact) mass is 230 g/mol. The number of nitrogens with two attached hydrogens (primary N) is 1. The van der Waals surface area contributed by atoms with E-state index in [1.54, 1.807) is 6.92 Å². The number of hydrogen-bond acceptors (Lipinski definition) is 4. The lowest BCUT2D eigenvalue weighted by molar-refractivity contribution is -0.143. The Kier molecular flexibility index (Phi) is 6.72. The summed E-state index contributed by atoms with van der Waals surface area (Å²) in [4.78, 5) is 22.7. The second kappa shape index (κ2) is 7.22. The molecule has 0 aliphatic heterocycles. The molecule has 0 heterocycles. The Hall–Kier alpha value is -1.10. The second-order valence-corrected chi connectivity index (χ2v) is 3.67. The van der Waals surface area contributed by atoms with Gasteiger partial charge >= 0.3 is 5.97 Å². The van der Waals surface area contributed by atoms with Crippen molar-refractivity contribution in [1.82, 2.24) is 5.32 Å². The number of carbonyl (C=O) groups is 2. The zero-order valence-electron chi connectivity index (χ0n) is 10.3. The Morgan fingerprint density at radius 2 is 1.81 bits per heavy atom. The van der Waals surface area contributed by atoms with Gasteiger partial charge in [-0.25, -0.2) is 0 Å². The Morgan fingerprint density at radius 1 is 1.25 bits per heavy atom. The predicted octanol–water partition coefficient (Wildman–Crippen LogP) is 0.573. The smallest absolute Gasteiger partial charge is 0.307 e. The minimum atomic E-state index is -0.825. The van der Waals surface area contributed by atoms with Gasteiger partial charge in [-0.1, -0.05) is 13.8 Å². The van der Waals surface area contributed by atoms with Gasteiger partial charge in [-0.05, 0) is 19.8 Å². The molecule has 0 fully saturated rings. The maximum atomic E-state index is 11.7. The summed E-state index contributed by atoms with van der Waals surface area (Å²) in [6.07, 6.45) is 1.34. The van der Waals surface area contributed by atoms with Gasteiger partial charge in [0, 0.05) is 6.54 Å². The first kappa shape index (κ1) is 14.9. The zero-order valence-corrected chi connectivity index (χ0v) is 10.3. The van der Waals surface area contributed by atoms with Crippen LogP contribution in [0.1, 0.15) is 40.0 Å². The molecule has 0 spiro atoms. The number of esters is 1. The molecule has 94 valence electrons. The SMILES string of the molecule is CCOC(=O)CCNC(=O)C(N)(CC)CC. The standard InChI is InChI=1S/C11H22N2O3/c1-4-11(12,5-2)10(15)13-8-7-9(14)16-6-3/h4-8,12H2,1-3H3,(H,13,15). The molecule has 0 atom stereocenters. The summed E-state index contributed by atoms with van der Waals surface area (Å²) in [5, 5.41) is 2.65. The summed E-state index contributed by atoms with van der Waals surface area (Å²) in [6.45, 7) is 6.12. The van der Waals surface area contributed by atoms with E-state index in [1.807, 2.05) is 13.8 Å². The van der Waals surface area contributed by atoms with Crippen molar-refractivity contribution in [2.75, 3.05) is 13.2 Å². The number of hydrogen-bond donors (Lipinski definition) is 2. The molecule has 5 heteroatoms. The van der Waals surface area contributed by atoms with E-state index in [0.717, 1.165) is 0 Å². The van der Waals surface area contributed by atoms with E-state index in [1.165, 1.54) is 0 Å². The third-order valence-corrected chi connectivity index (χ3v) is 2.63. The van der Waals surface area contributed by atoms with Crippen LogP contribution in [0.3, 0.4) is 0 Å². The van der Waals surface area contributed by atoms with E-state index < -0.39 is 5.54 Å². The second-order valence-electron chi connectivity index (χ2n) is 3.67. The molecule has 0 aromatic carbocycles. The normalized spacial score (nSPS) is 11.0. The number of ether oxygens (including phenoxy) is 1. The van der Waals surface area contributed by atoms with Crippen LogP contribution in [0.2, 0.25) is 0 Å². The average Bonchev–Trinajstić information content (AvgIpc) is 2.28. The van der Waals surface area contributed by atoms with Crippen molar-refractivity contribution < 1.29 is 14.3 Å². The van der Waals surface area contributed by atoms with Crippen LogP contribution in [0.4, 0.5) is 0 Å². The third-order valence-electron chi connectivity index (χ3n) is 2.63. The molecule has 5 nitrogen and oxygen atoms in total. The minimum Gasteiger partial charge on any atom is -0.466 e. The first-order chi connectivity index (χ1) is 7.50. The fourth-order valence-corrected chi connectivity index (χ4v) is 1.26. The quantitative estimate of drug-likeness (QED) is 0.627. The van der Waals surface area contributed by atoms with Crippen molar-refractivity contribution in [2.45, 2.75) is 45.6 Å². The van der Waals surface area contributed by atoms with Crippen molar-refractivity contribution in [3.05, 3.63) is 0 Å². The number of amides is 1. The number of carbonyl (C=O) groups excluding carboxylic acids is 2. The van der Waals surface area contributed by atoms with Crippen molar-refractivity contribution in [1.29, 1.82) is 0 Å². The molecule has 0 aromatic heterocycles. The van der Waals surface area contributed by atoms with Crippen molar-refractivity contribution in [3.63, 3.8) is 0 Å². The lowest BCUT2D eigenvalue weighted by atomic mass is 9.93. The van der Waals surface area contributed by atoms with Gasteiger partial charge in [0.15, 0.2) is 0 Å². The summed E-state index contributed by atoms with van der Waals surface area (Å²) in [5.41, 5.74) is 5.06. The van der Waals surface area contributed by atoms with E-state index in [4.69, 9.17) is 10.5 Å². The number of nitrogens with one attached hydrogen (secondary N) is 1. The summed E-state index contributed by atoms with van der Waals surface area (Å²) in [5.74, 6) is -0.514. The fourth-order valence-electron chi connectivity index (χ4n) is 1.26. The van der Waals surface area contributed by atoms with Crippen LogP contribution in [0, 0.1) is 0 Å². The molecule has 16 heavy (non-hydrogen) atoms. The molecular weight excluding hydrogens is 208 g/mol. The van der Waals surface area contributed by atoms with E-state index in [9.17, 15) is 9.59 Å². The first-order valence-corrected chi connectivity index (χ1v) is 5.73. The van der Waals surface area contributed by atoms with E-state index >= 15 is 0 Å². The molecule has 0 rings (SSSR count). The number of rotatable bonds is 7. The molecular formula is C11H22N2O3. The summed E-state index contributed by atoms with van der Waals surface area (Å²) in [6, 6.07) is 0. The van der Waals surface area contributed by atoms with Crippen molar-refractivity contribution in [2.24, 2.45) is 5.73 Å². The van der Waals surface area contributed by atoms with Gasteiger partial charge in [0.25, 0.3) is 0 Å².